The van der Waals surface area contributed by atoms with Gasteiger partial charge in [0.1, 0.15) is 11.5 Å². The Balaban J connectivity index is 2.21. The zero-order valence-corrected chi connectivity index (χ0v) is 11.4. The van der Waals surface area contributed by atoms with Crippen LogP contribution in [-0.4, -0.2) is 5.16 Å². The van der Waals surface area contributed by atoms with Crippen LogP contribution < -0.4 is 5.73 Å². The van der Waals surface area contributed by atoms with Crippen molar-refractivity contribution in [2.24, 2.45) is 5.73 Å². The number of nitrogens with zero attached hydrogens (tertiary/aromatic N) is 1. The third kappa shape index (κ3) is 2.45. The van der Waals surface area contributed by atoms with Crippen LogP contribution in [0.25, 0.3) is 22.2 Å². The second-order valence-corrected chi connectivity index (χ2v) is 4.89. The number of hydrogen-bond acceptors (Lipinski definition) is 3. The summed E-state index contributed by atoms with van der Waals surface area (Å²) in [5.74, 6) is -0.327. The summed E-state index contributed by atoms with van der Waals surface area (Å²) < 4.78 is 19.0. The van der Waals surface area contributed by atoms with E-state index in [1.54, 1.807) is 12.1 Å². The summed E-state index contributed by atoms with van der Waals surface area (Å²) in [6.45, 7) is 3.70. The number of para-hydroxylation sites is 1. The molecule has 0 fully saturated rings. The van der Waals surface area contributed by atoms with Gasteiger partial charge in [-0.25, -0.2) is 4.39 Å². The van der Waals surface area contributed by atoms with Crippen molar-refractivity contribution in [2.45, 2.75) is 12.5 Å². The highest BCUT2D eigenvalue weighted by Gasteiger charge is 2.17. The first-order valence-electron chi connectivity index (χ1n) is 6.71. The summed E-state index contributed by atoms with van der Waals surface area (Å²) in [6, 6.07) is 11.8. The van der Waals surface area contributed by atoms with Gasteiger partial charge in [-0.3, -0.25) is 0 Å². The first-order valence-corrected chi connectivity index (χ1v) is 6.71. The van der Waals surface area contributed by atoms with Gasteiger partial charge in [0.25, 0.3) is 0 Å². The highest BCUT2D eigenvalue weighted by Crippen LogP contribution is 2.33. The summed E-state index contributed by atoms with van der Waals surface area (Å²) in [7, 11) is 0. The molecule has 0 radical (unpaired) electrons. The van der Waals surface area contributed by atoms with Crippen molar-refractivity contribution in [3.63, 3.8) is 0 Å². The molecule has 21 heavy (non-hydrogen) atoms. The summed E-state index contributed by atoms with van der Waals surface area (Å²) in [6.07, 6.45) is 2.35. The van der Waals surface area contributed by atoms with Crippen LogP contribution in [0.5, 0.6) is 0 Å². The molecule has 1 heterocycles. The Bertz CT molecular complexity index is 794. The Morgan fingerprint density at radius 3 is 2.90 bits per heavy atom. The van der Waals surface area contributed by atoms with E-state index < -0.39 is 0 Å². The highest BCUT2D eigenvalue weighted by atomic mass is 19.1. The lowest BCUT2D eigenvalue weighted by Crippen LogP contribution is -2.10. The summed E-state index contributed by atoms with van der Waals surface area (Å²) >= 11 is 0. The highest BCUT2D eigenvalue weighted by molar-refractivity contribution is 5.92. The molecular weight excluding hydrogens is 267 g/mol. The van der Waals surface area contributed by atoms with Gasteiger partial charge in [-0.15, -0.1) is 6.58 Å². The van der Waals surface area contributed by atoms with E-state index in [1.165, 1.54) is 12.1 Å². The van der Waals surface area contributed by atoms with Crippen molar-refractivity contribution < 1.29 is 8.91 Å². The molecule has 1 atom stereocenters. The van der Waals surface area contributed by atoms with Crippen LogP contribution in [0, 0.1) is 5.82 Å². The number of hydrogen-bond donors (Lipinski definition) is 1. The third-order valence-corrected chi connectivity index (χ3v) is 3.47. The predicted octanol–water partition coefficient (Wildman–Crippen LogP) is 4.21. The minimum atomic E-state index is -0.327. The van der Waals surface area contributed by atoms with Crippen molar-refractivity contribution >= 4 is 11.0 Å². The van der Waals surface area contributed by atoms with Crippen molar-refractivity contribution in [3.8, 4) is 11.3 Å². The number of halogens is 1. The number of benzene rings is 2. The predicted molar refractivity (Wildman–Crippen MR) is 81.1 cm³/mol. The Hall–Kier alpha value is -2.46. The van der Waals surface area contributed by atoms with Gasteiger partial charge in [0, 0.05) is 17.0 Å². The van der Waals surface area contributed by atoms with E-state index in [4.69, 9.17) is 10.3 Å². The van der Waals surface area contributed by atoms with E-state index in [-0.39, 0.29) is 11.9 Å². The van der Waals surface area contributed by atoms with Crippen LogP contribution in [0.4, 0.5) is 4.39 Å². The largest absolute Gasteiger partial charge is 0.356 e. The number of fused-ring (bicyclic) bond motifs is 1. The van der Waals surface area contributed by atoms with Gasteiger partial charge in [0.15, 0.2) is 5.58 Å². The van der Waals surface area contributed by atoms with E-state index in [0.717, 1.165) is 10.9 Å². The molecule has 0 saturated carbocycles. The Labute approximate surface area is 121 Å². The first-order chi connectivity index (χ1) is 10.2. The number of aromatic nitrogens is 1. The Morgan fingerprint density at radius 1 is 1.29 bits per heavy atom. The molecule has 3 aromatic rings. The molecule has 2 aromatic carbocycles. The third-order valence-electron chi connectivity index (χ3n) is 3.47. The second kappa shape index (κ2) is 5.50. The molecule has 106 valence electrons. The summed E-state index contributed by atoms with van der Waals surface area (Å²) in [5, 5.41) is 4.93. The average molecular weight is 282 g/mol. The van der Waals surface area contributed by atoms with Gasteiger partial charge < -0.3 is 10.3 Å². The van der Waals surface area contributed by atoms with Crippen molar-refractivity contribution in [3.05, 3.63) is 66.5 Å². The van der Waals surface area contributed by atoms with E-state index in [1.807, 2.05) is 24.3 Å². The molecule has 4 heteroatoms. The molecular formula is C17H15FN2O. The maximum absolute atomic E-state index is 13.7. The van der Waals surface area contributed by atoms with Crippen molar-refractivity contribution in [1.82, 2.24) is 5.16 Å². The minimum absolute atomic E-state index is 0.256. The molecule has 0 unspecified atom stereocenters. The number of nitrogens with two attached hydrogens (primary N) is 1. The van der Waals surface area contributed by atoms with Crippen LogP contribution in [-0.2, 0) is 0 Å². The minimum Gasteiger partial charge on any atom is -0.356 e. The molecule has 0 spiro atoms. The summed E-state index contributed by atoms with van der Waals surface area (Å²) in [5.41, 5.74) is 8.92. The van der Waals surface area contributed by atoms with E-state index in [2.05, 4.69) is 11.7 Å². The van der Waals surface area contributed by atoms with E-state index in [0.29, 0.717) is 23.3 Å². The molecule has 0 saturated heterocycles. The number of rotatable bonds is 4. The van der Waals surface area contributed by atoms with Gasteiger partial charge in [0.2, 0.25) is 0 Å². The SMILES string of the molecule is C=CC[C@H](N)c1ccc(F)cc1-c1noc2ccccc12. The first kappa shape index (κ1) is 13.5. The second-order valence-electron chi connectivity index (χ2n) is 4.89. The van der Waals surface area contributed by atoms with Crippen LogP contribution in [0.3, 0.4) is 0 Å². The van der Waals surface area contributed by atoms with Crippen LogP contribution >= 0.6 is 0 Å². The molecule has 1 aromatic heterocycles. The zero-order valence-electron chi connectivity index (χ0n) is 11.4. The standard InChI is InChI=1S/C17H15FN2O/c1-2-5-15(19)12-9-8-11(18)10-14(12)17-13-6-3-4-7-16(13)21-20-17/h2-4,6-10,15H,1,5,19H2/t15-/m0/s1. The summed E-state index contributed by atoms with van der Waals surface area (Å²) in [4.78, 5) is 0. The Kier molecular flexibility index (Phi) is 3.54. The van der Waals surface area contributed by atoms with Crippen LogP contribution in [0.15, 0.2) is 59.6 Å². The average Bonchev–Trinajstić information content (AvgIpc) is 2.91. The van der Waals surface area contributed by atoms with Crippen molar-refractivity contribution in [1.29, 1.82) is 0 Å². The van der Waals surface area contributed by atoms with Gasteiger partial charge >= 0.3 is 0 Å². The fourth-order valence-corrected chi connectivity index (χ4v) is 2.44. The Morgan fingerprint density at radius 2 is 2.10 bits per heavy atom. The topological polar surface area (TPSA) is 52.0 Å². The molecule has 0 amide bonds. The lowest BCUT2D eigenvalue weighted by atomic mass is 9.95. The van der Waals surface area contributed by atoms with Gasteiger partial charge in [-0.1, -0.05) is 29.4 Å². The van der Waals surface area contributed by atoms with E-state index >= 15 is 0 Å². The maximum atomic E-state index is 13.7. The quantitative estimate of drug-likeness (QED) is 0.729. The van der Waals surface area contributed by atoms with E-state index in [9.17, 15) is 4.39 Å². The fourth-order valence-electron chi connectivity index (χ4n) is 2.44. The van der Waals surface area contributed by atoms with Gasteiger partial charge in [-0.2, -0.15) is 0 Å². The molecule has 0 bridgehead atoms. The van der Waals surface area contributed by atoms with Gasteiger partial charge in [-0.05, 0) is 36.2 Å². The molecule has 2 N–H and O–H groups in total. The molecule has 0 aliphatic rings. The lowest BCUT2D eigenvalue weighted by molar-refractivity contribution is 0.459. The smallest absolute Gasteiger partial charge is 0.167 e. The molecule has 3 nitrogen and oxygen atoms in total. The van der Waals surface area contributed by atoms with Crippen LogP contribution in [0.2, 0.25) is 0 Å². The van der Waals surface area contributed by atoms with Crippen LogP contribution in [0.1, 0.15) is 18.0 Å². The fraction of sp³-hybridized carbons (Fsp3) is 0.118. The monoisotopic (exact) mass is 282 g/mol. The lowest BCUT2D eigenvalue weighted by Gasteiger charge is -2.14. The zero-order chi connectivity index (χ0) is 14.8. The molecule has 0 aliphatic heterocycles. The normalized spacial score (nSPS) is 12.5. The van der Waals surface area contributed by atoms with Crippen molar-refractivity contribution in [2.75, 3.05) is 0 Å². The maximum Gasteiger partial charge on any atom is 0.167 e. The van der Waals surface area contributed by atoms with Gasteiger partial charge in [0.05, 0.1) is 0 Å². The molecule has 0 aliphatic carbocycles. The molecule has 3 rings (SSSR count).